The van der Waals surface area contributed by atoms with Gasteiger partial charge in [0, 0.05) is 42.0 Å². The number of rotatable bonds is 11. The number of benzene rings is 2. The Morgan fingerprint density at radius 1 is 1.10 bits per heavy atom. The van der Waals surface area contributed by atoms with E-state index in [2.05, 4.69) is 17.2 Å². The van der Waals surface area contributed by atoms with Crippen molar-refractivity contribution in [3.05, 3.63) is 89.4 Å². The summed E-state index contributed by atoms with van der Waals surface area (Å²) in [6.07, 6.45) is 7.58. The molecule has 1 fully saturated rings. The molecule has 0 bridgehead atoms. The highest BCUT2D eigenvalue weighted by Gasteiger charge is 2.30. The lowest BCUT2D eigenvalue weighted by atomic mass is 9.82. The van der Waals surface area contributed by atoms with Crippen molar-refractivity contribution in [2.75, 3.05) is 18.9 Å². The molecular weight excluding hydrogens is 518 g/mol. The summed E-state index contributed by atoms with van der Waals surface area (Å²) in [6.45, 7) is 2.67. The number of carbonyl (C=O) groups excluding carboxylic acids is 1. The van der Waals surface area contributed by atoms with Gasteiger partial charge in [-0.25, -0.2) is 0 Å². The van der Waals surface area contributed by atoms with Crippen molar-refractivity contribution in [1.82, 2.24) is 9.88 Å². The van der Waals surface area contributed by atoms with Crippen LogP contribution in [0.1, 0.15) is 71.9 Å². The summed E-state index contributed by atoms with van der Waals surface area (Å²) in [6, 6.07) is 19.1. The van der Waals surface area contributed by atoms with Crippen LogP contribution in [-0.2, 0) is 11.4 Å². The number of pyridine rings is 1. The minimum Gasteiger partial charge on any atom is -0.487 e. The summed E-state index contributed by atoms with van der Waals surface area (Å²) < 4.78 is 12.5. The number of carbonyl (C=O) groups is 2. The molecule has 1 unspecified atom stereocenters. The number of aryl methyl sites for hydroxylation is 1. The minimum absolute atomic E-state index is 0.0135. The fraction of sp³-hybridized carbons (Fsp3) is 0.364. The van der Waals surface area contributed by atoms with Gasteiger partial charge in [0.05, 0.1) is 18.2 Å². The topological polar surface area (TPSA) is 105 Å². The fourth-order valence-electron chi connectivity index (χ4n) is 5.59. The van der Waals surface area contributed by atoms with Crippen LogP contribution in [0.15, 0.2) is 71.3 Å². The van der Waals surface area contributed by atoms with Gasteiger partial charge >= 0.3 is 5.97 Å². The first kappa shape index (κ1) is 28.2. The second kappa shape index (κ2) is 12.9. The number of anilines is 1. The second-order valence-corrected chi connectivity index (χ2v) is 10.8. The van der Waals surface area contributed by atoms with Crippen LogP contribution in [0.25, 0.3) is 11.0 Å². The predicted octanol–water partition coefficient (Wildman–Crippen LogP) is 7.00. The van der Waals surface area contributed by atoms with Crippen LogP contribution in [0.5, 0.6) is 5.75 Å². The normalized spacial score (nSPS) is 14.5. The molecule has 1 aliphatic rings. The zero-order valence-corrected chi connectivity index (χ0v) is 23.6. The van der Waals surface area contributed by atoms with Crippen molar-refractivity contribution < 1.29 is 23.8 Å². The predicted molar refractivity (Wildman–Crippen MR) is 158 cm³/mol. The Morgan fingerprint density at radius 2 is 1.88 bits per heavy atom. The Kier molecular flexibility index (Phi) is 8.87. The molecule has 0 spiro atoms. The zero-order chi connectivity index (χ0) is 28.8. The zero-order valence-electron chi connectivity index (χ0n) is 23.6. The molecule has 1 amide bonds. The molecule has 5 rings (SSSR count). The van der Waals surface area contributed by atoms with Gasteiger partial charge < -0.3 is 24.5 Å². The lowest BCUT2D eigenvalue weighted by Gasteiger charge is -2.31. The lowest BCUT2D eigenvalue weighted by Crippen LogP contribution is -2.29. The maximum Gasteiger partial charge on any atom is 0.305 e. The summed E-state index contributed by atoms with van der Waals surface area (Å²) in [5, 5.41) is 13.7. The standard InChI is InChI=1S/C33H37N3O5/c1-22-28-20-27(40-21-26-10-6-7-18-34-26)15-16-29(28)41-32(22)31(23-8-4-3-5-9-23)35-25-13-11-24(12-14-25)33(39)36(2)19-17-30(37)38/h6-7,10-16,18,20,23,31,35H,3-5,8-9,17,19,21H2,1-2H3,(H,37,38). The van der Waals surface area contributed by atoms with Gasteiger partial charge in [0.15, 0.2) is 0 Å². The first-order valence-corrected chi connectivity index (χ1v) is 14.3. The van der Waals surface area contributed by atoms with Gasteiger partial charge in [0.2, 0.25) is 0 Å². The monoisotopic (exact) mass is 555 g/mol. The third-order valence-corrected chi connectivity index (χ3v) is 7.92. The van der Waals surface area contributed by atoms with Gasteiger partial charge in [-0.3, -0.25) is 14.6 Å². The highest BCUT2D eigenvalue weighted by molar-refractivity contribution is 5.94. The van der Waals surface area contributed by atoms with Crippen LogP contribution in [0.4, 0.5) is 5.69 Å². The van der Waals surface area contributed by atoms with E-state index in [0.29, 0.717) is 18.1 Å². The number of carboxylic acid groups (broad SMARTS) is 1. The molecule has 1 saturated carbocycles. The van der Waals surface area contributed by atoms with Crippen LogP contribution in [0, 0.1) is 12.8 Å². The maximum atomic E-state index is 12.7. The minimum atomic E-state index is -0.924. The van der Waals surface area contributed by atoms with E-state index in [-0.39, 0.29) is 24.9 Å². The van der Waals surface area contributed by atoms with Crippen LogP contribution < -0.4 is 10.1 Å². The smallest absolute Gasteiger partial charge is 0.305 e. The number of nitrogens with zero attached hydrogens (tertiary/aromatic N) is 2. The van der Waals surface area contributed by atoms with Gasteiger partial charge in [-0.05, 0) is 80.3 Å². The molecule has 4 aromatic rings. The van der Waals surface area contributed by atoms with Crippen molar-refractivity contribution in [3.63, 3.8) is 0 Å². The molecule has 2 aromatic carbocycles. The van der Waals surface area contributed by atoms with E-state index in [1.54, 1.807) is 25.4 Å². The van der Waals surface area contributed by atoms with Gasteiger partial charge in [-0.15, -0.1) is 0 Å². The van der Waals surface area contributed by atoms with E-state index < -0.39 is 5.97 Å². The third kappa shape index (κ3) is 6.88. The molecule has 8 nitrogen and oxygen atoms in total. The van der Waals surface area contributed by atoms with Crippen molar-refractivity contribution in [3.8, 4) is 5.75 Å². The first-order valence-electron chi connectivity index (χ1n) is 14.3. The molecule has 41 heavy (non-hydrogen) atoms. The number of aromatic nitrogens is 1. The number of hydrogen-bond acceptors (Lipinski definition) is 6. The van der Waals surface area contributed by atoms with Gasteiger partial charge in [0.1, 0.15) is 23.7 Å². The summed E-state index contributed by atoms with van der Waals surface area (Å²) >= 11 is 0. The van der Waals surface area contributed by atoms with E-state index >= 15 is 0 Å². The van der Waals surface area contributed by atoms with Gasteiger partial charge in [-0.2, -0.15) is 0 Å². The van der Waals surface area contributed by atoms with Crippen molar-refractivity contribution in [2.24, 2.45) is 5.92 Å². The maximum absolute atomic E-state index is 12.7. The van der Waals surface area contributed by atoms with Crippen LogP contribution in [-0.4, -0.2) is 40.5 Å². The van der Waals surface area contributed by atoms with Crippen LogP contribution >= 0.6 is 0 Å². The van der Waals surface area contributed by atoms with Crippen LogP contribution in [0.3, 0.4) is 0 Å². The highest BCUT2D eigenvalue weighted by atomic mass is 16.5. The molecular formula is C33H37N3O5. The Morgan fingerprint density at radius 3 is 2.59 bits per heavy atom. The Bertz CT molecular complexity index is 1480. The fourth-order valence-corrected chi connectivity index (χ4v) is 5.59. The second-order valence-electron chi connectivity index (χ2n) is 10.8. The van der Waals surface area contributed by atoms with E-state index in [4.69, 9.17) is 14.3 Å². The van der Waals surface area contributed by atoms with E-state index in [1.807, 2.05) is 48.5 Å². The number of aliphatic carboxylic acids is 1. The first-order chi connectivity index (χ1) is 19.9. The van der Waals surface area contributed by atoms with Crippen molar-refractivity contribution in [2.45, 2.75) is 58.1 Å². The van der Waals surface area contributed by atoms with Crippen molar-refractivity contribution >= 4 is 28.5 Å². The summed E-state index contributed by atoms with van der Waals surface area (Å²) in [5.41, 5.74) is 4.23. The number of fused-ring (bicyclic) bond motifs is 1. The van der Waals surface area contributed by atoms with Gasteiger partial charge in [0.25, 0.3) is 5.91 Å². The Balaban J connectivity index is 1.36. The molecule has 0 radical (unpaired) electrons. The van der Waals surface area contributed by atoms with E-state index in [0.717, 1.165) is 52.3 Å². The molecule has 2 N–H and O–H groups in total. The average molecular weight is 556 g/mol. The lowest BCUT2D eigenvalue weighted by molar-refractivity contribution is -0.137. The average Bonchev–Trinajstić information content (AvgIpc) is 3.33. The quantitative estimate of drug-likeness (QED) is 0.205. The molecule has 2 heterocycles. The number of carboxylic acids is 1. The van der Waals surface area contributed by atoms with E-state index in [1.165, 1.54) is 24.2 Å². The molecule has 1 aliphatic carbocycles. The number of furan rings is 1. The third-order valence-electron chi connectivity index (χ3n) is 7.92. The van der Waals surface area contributed by atoms with E-state index in [9.17, 15) is 9.59 Å². The molecule has 0 aliphatic heterocycles. The number of amides is 1. The summed E-state index contributed by atoms with van der Waals surface area (Å²) in [7, 11) is 1.62. The Hall–Kier alpha value is -4.33. The summed E-state index contributed by atoms with van der Waals surface area (Å²) in [4.78, 5) is 29.4. The largest absolute Gasteiger partial charge is 0.487 e. The molecule has 214 valence electrons. The SMILES string of the molecule is Cc1c(C(Nc2ccc(C(=O)N(C)CCC(=O)O)cc2)C2CCCCC2)oc2ccc(OCc3ccccn3)cc12. The highest BCUT2D eigenvalue weighted by Crippen LogP contribution is 2.41. The number of nitrogens with one attached hydrogen (secondary N) is 1. The number of ether oxygens (including phenoxy) is 1. The molecule has 8 heteroatoms. The number of hydrogen-bond donors (Lipinski definition) is 2. The van der Waals surface area contributed by atoms with Gasteiger partial charge in [-0.1, -0.05) is 25.3 Å². The molecule has 1 atom stereocenters. The molecule has 0 saturated heterocycles. The summed E-state index contributed by atoms with van der Waals surface area (Å²) in [5.74, 6) is 1.01. The molecule has 2 aromatic heterocycles. The van der Waals surface area contributed by atoms with Crippen LogP contribution in [0.2, 0.25) is 0 Å². The van der Waals surface area contributed by atoms with Crippen molar-refractivity contribution in [1.29, 1.82) is 0 Å². The Labute approximate surface area is 240 Å².